The third-order valence-corrected chi connectivity index (χ3v) is 2.21. The van der Waals surface area contributed by atoms with E-state index in [1.54, 1.807) is 13.0 Å². The third-order valence-electron chi connectivity index (χ3n) is 2.21. The van der Waals surface area contributed by atoms with Gasteiger partial charge in [0.05, 0.1) is 6.61 Å². The predicted octanol–water partition coefficient (Wildman–Crippen LogP) is 0.448. The first kappa shape index (κ1) is 14.0. The Hall–Kier alpha value is -2.11. The maximum atomic E-state index is 11.6. The van der Waals surface area contributed by atoms with Crippen LogP contribution in [-0.2, 0) is 9.53 Å². The number of pyridine rings is 1. The van der Waals surface area contributed by atoms with Crippen LogP contribution in [0.15, 0.2) is 23.1 Å². The average molecular weight is 252 g/mol. The number of carbonyl (C=O) groups is 2. The van der Waals surface area contributed by atoms with Crippen molar-refractivity contribution in [2.75, 3.05) is 13.2 Å². The van der Waals surface area contributed by atoms with Crippen LogP contribution in [0.4, 0.5) is 0 Å². The van der Waals surface area contributed by atoms with Crippen molar-refractivity contribution in [2.45, 2.75) is 19.8 Å². The van der Waals surface area contributed by atoms with E-state index in [2.05, 4.69) is 10.3 Å². The number of ether oxygens (including phenoxy) is 1. The van der Waals surface area contributed by atoms with Crippen LogP contribution in [0.25, 0.3) is 0 Å². The van der Waals surface area contributed by atoms with Gasteiger partial charge in [-0.1, -0.05) is 0 Å². The molecule has 0 bridgehead atoms. The van der Waals surface area contributed by atoms with Crippen molar-refractivity contribution in [1.82, 2.24) is 10.3 Å². The van der Waals surface area contributed by atoms with Gasteiger partial charge in [-0.05, 0) is 25.5 Å². The van der Waals surface area contributed by atoms with E-state index in [0.717, 1.165) is 0 Å². The van der Waals surface area contributed by atoms with Crippen LogP contribution < -0.4 is 10.9 Å². The van der Waals surface area contributed by atoms with Crippen LogP contribution in [0.3, 0.4) is 0 Å². The van der Waals surface area contributed by atoms with Gasteiger partial charge in [0.2, 0.25) is 0 Å². The van der Waals surface area contributed by atoms with E-state index in [0.29, 0.717) is 19.6 Å². The van der Waals surface area contributed by atoms with E-state index in [1.165, 1.54) is 12.3 Å². The first-order valence-corrected chi connectivity index (χ1v) is 5.76. The van der Waals surface area contributed by atoms with Gasteiger partial charge in [0, 0.05) is 19.2 Å². The molecular formula is C12H16N2O4. The Balaban J connectivity index is 2.32. The minimum absolute atomic E-state index is 0.0636. The highest BCUT2D eigenvalue weighted by molar-refractivity contribution is 5.93. The summed E-state index contributed by atoms with van der Waals surface area (Å²) in [5, 5.41) is 2.57. The summed E-state index contributed by atoms with van der Waals surface area (Å²) in [5.74, 6) is -0.731. The molecule has 0 saturated heterocycles. The zero-order valence-corrected chi connectivity index (χ0v) is 10.2. The normalized spacial score (nSPS) is 9.83. The number of nitrogens with one attached hydrogen (secondary N) is 2. The molecule has 0 aliphatic heterocycles. The van der Waals surface area contributed by atoms with Crippen molar-refractivity contribution in [3.8, 4) is 0 Å². The molecule has 0 unspecified atom stereocenters. The molecule has 0 aliphatic carbocycles. The maximum Gasteiger partial charge on any atom is 0.305 e. The molecule has 1 aromatic rings. The topological polar surface area (TPSA) is 88.3 Å². The minimum Gasteiger partial charge on any atom is -0.466 e. The Kier molecular flexibility index (Phi) is 5.63. The van der Waals surface area contributed by atoms with E-state index < -0.39 is 11.5 Å². The number of carbonyl (C=O) groups excluding carboxylic acids is 2. The van der Waals surface area contributed by atoms with Crippen LogP contribution in [-0.4, -0.2) is 30.0 Å². The van der Waals surface area contributed by atoms with Crippen molar-refractivity contribution < 1.29 is 14.3 Å². The monoisotopic (exact) mass is 252 g/mol. The standard InChI is InChI=1S/C12H16N2O4/c1-2-18-10(15)6-4-8-14-12(17)9-5-3-7-13-11(9)16/h3,5,7H,2,4,6,8H2,1H3,(H,13,16)(H,14,17). The molecule has 6 nitrogen and oxygen atoms in total. The van der Waals surface area contributed by atoms with E-state index in [9.17, 15) is 14.4 Å². The second-order valence-corrected chi connectivity index (χ2v) is 3.58. The van der Waals surface area contributed by atoms with Crippen LogP contribution in [0.2, 0.25) is 0 Å². The van der Waals surface area contributed by atoms with Crippen molar-refractivity contribution >= 4 is 11.9 Å². The Morgan fingerprint density at radius 1 is 1.44 bits per heavy atom. The van der Waals surface area contributed by atoms with Crippen LogP contribution >= 0.6 is 0 Å². The molecule has 0 fully saturated rings. The lowest BCUT2D eigenvalue weighted by Crippen LogP contribution is -2.30. The number of H-pyrrole nitrogens is 1. The number of hydrogen-bond donors (Lipinski definition) is 2. The Labute approximate surface area is 104 Å². The third kappa shape index (κ3) is 4.40. The number of aromatic nitrogens is 1. The molecule has 0 radical (unpaired) electrons. The molecule has 1 aromatic heterocycles. The van der Waals surface area contributed by atoms with E-state index in [1.807, 2.05) is 0 Å². The second-order valence-electron chi connectivity index (χ2n) is 3.58. The average Bonchev–Trinajstić information content (AvgIpc) is 2.35. The highest BCUT2D eigenvalue weighted by Gasteiger charge is 2.09. The van der Waals surface area contributed by atoms with E-state index in [-0.39, 0.29) is 18.0 Å². The number of esters is 1. The lowest BCUT2D eigenvalue weighted by Gasteiger charge is -2.04. The molecular weight excluding hydrogens is 236 g/mol. The molecule has 0 saturated carbocycles. The Bertz CT molecular complexity index is 467. The summed E-state index contributed by atoms with van der Waals surface area (Å²) in [4.78, 5) is 36.3. The molecule has 0 aromatic carbocycles. The highest BCUT2D eigenvalue weighted by atomic mass is 16.5. The molecule has 1 heterocycles. The van der Waals surface area contributed by atoms with Gasteiger partial charge >= 0.3 is 5.97 Å². The van der Waals surface area contributed by atoms with Crippen molar-refractivity contribution in [1.29, 1.82) is 0 Å². The SMILES string of the molecule is CCOC(=O)CCCNC(=O)c1ccc[nH]c1=O. The fourth-order valence-electron chi connectivity index (χ4n) is 1.36. The van der Waals surface area contributed by atoms with E-state index in [4.69, 9.17) is 4.74 Å². The summed E-state index contributed by atoms with van der Waals surface area (Å²) in [6.07, 6.45) is 2.19. The van der Waals surface area contributed by atoms with Crippen molar-refractivity contribution in [3.05, 3.63) is 34.2 Å². The smallest absolute Gasteiger partial charge is 0.305 e. The Morgan fingerprint density at radius 3 is 2.89 bits per heavy atom. The number of aromatic amines is 1. The van der Waals surface area contributed by atoms with Crippen molar-refractivity contribution in [3.63, 3.8) is 0 Å². The summed E-state index contributed by atoms with van der Waals surface area (Å²) in [6.45, 7) is 2.41. The number of hydrogen-bond acceptors (Lipinski definition) is 4. The van der Waals surface area contributed by atoms with Gasteiger partial charge in [-0.2, -0.15) is 0 Å². The second kappa shape index (κ2) is 7.26. The van der Waals surface area contributed by atoms with Crippen LogP contribution in [0.1, 0.15) is 30.1 Å². The lowest BCUT2D eigenvalue weighted by molar-refractivity contribution is -0.143. The molecule has 0 spiro atoms. The zero-order valence-electron chi connectivity index (χ0n) is 10.2. The highest BCUT2D eigenvalue weighted by Crippen LogP contribution is 1.93. The van der Waals surface area contributed by atoms with E-state index >= 15 is 0 Å². The molecule has 1 rings (SSSR count). The molecule has 98 valence electrons. The Morgan fingerprint density at radius 2 is 2.22 bits per heavy atom. The first-order chi connectivity index (χ1) is 8.65. The van der Waals surface area contributed by atoms with Gasteiger partial charge in [-0.15, -0.1) is 0 Å². The molecule has 18 heavy (non-hydrogen) atoms. The maximum absolute atomic E-state index is 11.6. The quantitative estimate of drug-likeness (QED) is 0.568. The summed E-state index contributed by atoms with van der Waals surface area (Å²) >= 11 is 0. The molecule has 1 amide bonds. The summed E-state index contributed by atoms with van der Waals surface area (Å²) in [6, 6.07) is 3.02. The lowest BCUT2D eigenvalue weighted by atomic mass is 10.2. The van der Waals surface area contributed by atoms with Gasteiger partial charge in [-0.3, -0.25) is 14.4 Å². The summed E-state index contributed by atoms with van der Waals surface area (Å²) in [7, 11) is 0. The van der Waals surface area contributed by atoms with Crippen LogP contribution in [0.5, 0.6) is 0 Å². The fourth-order valence-corrected chi connectivity index (χ4v) is 1.36. The fraction of sp³-hybridized carbons (Fsp3) is 0.417. The molecule has 6 heteroatoms. The first-order valence-electron chi connectivity index (χ1n) is 5.76. The minimum atomic E-state index is -0.444. The largest absolute Gasteiger partial charge is 0.466 e. The molecule has 0 aliphatic rings. The van der Waals surface area contributed by atoms with Crippen molar-refractivity contribution in [2.24, 2.45) is 0 Å². The van der Waals surface area contributed by atoms with Gasteiger partial charge < -0.3 is 15.0 Å². The number of rotatable bonds is 6. The zero-order chi connectivity index (χ0) is 13.4. The van der Waals surface area contributed by atoms with Gasteiger partial charge in [0.1, 0.15) is 5.56 Å². The molecule has 2 N–H and O–H groups in total. The number of amides is 1. The predicted molar refractivity (Wildman–Crippen MR) is 65.3 cm³/mol. The van der Waals surface area contributed by atoms with Gasteiger partial charge in [0.15, 0.2) is 0 Å². The summed E-state index contributed by atoms with van der Waals surface area (Å²) < 4.78 is 4.75. The molecule has 0 atom stereocenters. The van der Waals surface area contributed by atoms with Gasteiger partial charge in [-0.25, -0.2) is 0 Å². The van der Waals surface area contributed by atoms with Crippen LogP contribution in [0, 0.1) is 0 Å². The van der Waals surface area contributed by atoms with Gasteiger partial charge in [0.25, 0.3) is 11.5 Å². The summed E-state index contributed by atoms with van der Waals surface area (Å²) in [5.41, 5.74) is -0.367.